The van der Waals surface area contributed by atoms with E-state index in [1.807, 2.05) is 4.90 Å². The van der Waals surface area contributed by atoms with Gasteiger partial charge in [0.15, 0.2) is 0 Å². The van der Waals surface area contributed by atoms with Crippen LogP contribution < -0.4 is 4.90 Å². The first-order chi connectivity index (χ1) is 9.25. The summed E-state index contributed by atoms with van der Waals surface area (Å²) in [5.41, 5.74) is 0.181. The monoisotopic (exact) mass is 261 g/mol. The first-order valence-corrected chi connectivity index (χ1v) is 6.21. The van der Waals surface area contributed by atoms with Gasteiger partial charge in [0.2, 0.25) is 5.95 Å². The summed E-state index contributed by atoms with van der Waals surface area (Å²) >= 11 is 0. The Morgan fingerprint density at radius 3 is 2.42 bits per heavy atom. The van der Waals surface area contributed by atoms with Gasteiger partial charge >= 0.3 is 0 Å². The number of aromatic nitrogens is 2. The smallest absolute Gasteiger partial charge is 0.225 e. The second-order valence-corrected chi connectivity index (χ2v) is 4.62. The molecule has 3 nitrogen and oxygen atoms in total. The van der Waals surface area contributed by atoms with Crippen LogP contribution in [-0.2, 0) is 0 Å². The molecule has 0 bridgehead atoms. The number of rotatable bonds is 2. The van der Waals surface area contributed by atoms with Crippen LogP contribution in [0, 0.1) is 11.6 Å². The van der Waals surface area contributed by atoms with Gasteiger partial charge in [-0.25, -0.2) is 18.7 Å². The van der Waals surface area contributed by atoms with Crippen molar-refractivity contribution in [2.45, 2.75) is 12.3 Å². The number of nitrogens with zero attached hydrogens (tertiary/aromatic N) is 3. The van der Waals surface area contributed by atoms with Gasteiger partial charge in [-0.3, -0.25) is 0 Å². The number of hydrogen-bond acceptors (Lipinski definition) is 3. The van der Waals surface area contributed by atoms with E-state index >= 15 is 0 Å². The molecular weight excluding hydrogens is 248 g/mol. The molecule has 2 aromatic rings. The quantitative estimate of drug-likeness (QED) is 0.832. The van der Waals surface area contributed by atoms with E-state index in [0.717, 1.165) is 0 Å². The molecule has 5 heteroatoms. The normalized spacial score (nSPS) is 18.8. The number of halogens is 2. The van der Waals surface area contributed by atoms with Crippen LogP contribution in [-0.4, -0.2) is 23.1 Å². The predicted octanol–water partition coefficient (Wildman–Crippen LogP) is 2.75. The largest absolute Gasteiger partial charge is 0.340 e. The minimum atomic E-state index is -0.471. The Morgan fingerprint density at radius 2 is 1.74 bits per heavy atom. The van der Waals surface area contributed by atoms with Gasteiger partial charge in [-0.05, 0) is 24.6 Å². The van der Waals surface area contributed by atoms with Crippen molar-refractivity contribution in [1.82, 2.24) is 9.97 Å². The molecular formula is C14H13F2N3. The molecule has 1 saturated heterocycles. The lowest BCUT2D eigenvalue weighted by molar-refractivity contribution is 0.533. The van der Waals surface area contributed by atoms with E-state index in [-0.39, 0.29) is 11.5 Å². The molecule has 19 heavy (non-hydrogen) atoms. The first kappa shape index (κ1) is 12.0. The zero-order valence-electron chi connectivity index (χ0n) is 10.3. The lowest BCUT2D eigenvalue weighted by Gasteiger charge is -2.16. The van der Waals surface area contributed by atoms with Crippen molar-refractivity contribution in [2.24, 2.45) is 0 Å². The highest BCUT2D eigenvalue weighted by atomic mass is 19.1. The maximum absolute atomic E-state index is 13.7. The van der Waals surface area contributed by atoms with Crippen LogP contribution >= 0.6 is 0 Å². The highest BCUT2D eigenvalue weighted by Crippen LogP contribution is 2.32. The highest BCUT2D eigenvalue weighted by molar-refractivity contribution is 5.35. The predicted molar refractivity (Wildman–Crippen MR) is 68.0 cm³/mol. The lowest BCUT2D eigenvalue weighted by Crippen LogP contribution is -2.21. The third-order valence-corrected chi connectivity index (χ3v) is 3.43. The van der Waals surface area contributed by atoms with Crippen LogP contribution in [0.25, 0.3) is 0 Å². The van der Waals surface area contributed by atoms with Gasteiger partial charge in [0.25, 0.3) is 0 Å². The van der Waals surface area contributed by atoms with Gasteiger partial charge in [-0.2, -0.15) is 0 Å². The minimum absolute atomic E-state index is 0.148. The second kappa shape index (κ2) is 4.91. The van der Waals surface area contributed by atoms with Crippen LogP contribution in [0.4, 0.5) is 14.7 Å². The standard InChI is InChI=1S/C14H13F2N3/c15-11-3-1-4-12(16)13(11)10-5-8-19(9-10)14-17-6-2-7-18-14/h1-4,6-7,10H,5,8-9H2. The van der Waals surface area contributed by atoms with E-state index in [1.165, 1.54) is 18.2 Å². The van der Waals surface area contributed by atoms with Crippen molar-refractivity contribution in [2.75, 3.05) is 18.0 Å². The van der Waals surface area contributed by atoms with Gasteiger partial charge < -0.3 is 4.90 Å². The second-order valence-electron chi connectivity index (χ2n) is 4.62. The number of hydrogen-bond donors (Lipinski definition) is 0. The summed E-state index contributed by atoms with van der Waals surface area (Å²) in [6.07, 6.45) is 4.04. The molecule has 1 fully saturated rings. The number of anilines is 1. The molecule has 2 heterocycles. The van der Waals surface area contributed by atoms with Gasteiger partial charge in [0.05, 0.1) is 0 Å². The van der Waals surface area contributed by atoms with Gasteiger partial charge in [0.1, 0.15) is 11.6 Å². The van der Waals surface area contributed by atoms with Gasteiger partial charge in [0, 0.05) is 37.0 Å². The summed E-state index contributed by atoms with van der Waals surface area (Å²) in [4.78, 5) is 10.3. The zero-order chi connectivity index (χ0) is 13.2. The summed E-state index contributed by atoms with van der Waals surface area (Å²) in [6, 6.07) is 5.75. The van der Waals surface area contributed by atoms with Crippen molar-refractivity contribution in [3.05, 3.63) is 53.9 Å². The van der Waals surface area contributed by atoms with Crippen LogP contribution in [0.5, 0.6) is 0 Å². The molecule has 0 N–H and O–H groups in total. The van der Waals surface area contributed by atoms with E-state index in [0.29, 0.717) is 25.5 Å². The highest BCUT2D eigenvalue weighted by Gasteiger charge is 2.29. The molecule has 1 aliphatic heterocycles. The summed E-state index contributed by atoms with van der Waals surface area (Å²) in [5.74, 6) is -0.478. The summed E-state index contributed by atoms with van der Waals surface area (Å²) in [7, 11) is 0. The first-order valence-electron chi connectivity index (χ1n) is 6.21. The molecule has 0 saturated carbocycles. The Hall–Kier alpha value is -2.04. The molecule has 0 aliphatic carbocycles. The van der Waals surface area contributed by atoms with E-state index in [9.17, 15) is 8.78 Å². The topological polar surface area (TPSA) is 29.0 Å². The lowest BCUT2D eigenvalue weighted by atomic mass is 9.97. The maximum atomic E-state index is 13.7. The molecule has 0 amide bonds. The van der Waals surface area contributed by atoms with E-state index in [2.05, 4.69) is 9.97 Å². The SMILES string of the molecule is Fc1cccc(F)c1C1CCN(c2ncccn2)C1. The maximum Gasteiger partial charge on any atom is 0.225 e. The minimum Gasteiger partial charge on any atom is -0.340 e. The van der Waals surface area contributed by atoms with Crippen LogP contribution in [0.15, 0.2) is 36.7 Å². The summed E-state index contributed by atoms with van der Waals surface area (Å²) in [6.45, 7) is 1.25. The fourth-order valence-electron chi connectivity index (χ4n) is 2.53. The fourth-order valence-corrected chi connectivity index (χ4v) is 2.53. The molecule has 1 aliphatic rings. The van der Waals surface area contributed by atoms with Gasteiger partial charge in [-0.1, -0.05) is 6.07 Å². The van der Waals surface area contributed by atoms with Crippen molar-refractivity contribution >= 4 is 5.95 Å². The molecule has 1 aromatic carbocycles. The Balaban J connectivity index is 1.83. The fraction of sp³-hybridized carbons (Fsp3) is 0.286. The molecule has 3 rings (SSSR count). The van der Waals surface area contributed by atoms with Crippen molar-refractivity contribution in [3.63, 3.8) is 0 Å². The average Bonchev–Trinajstić information content (AvgIpc) is 2.89. The Kier molecular flexibility index (Phi) is 3.11. The van der Waals surface area contributed by atoms with E-state index in [1.54, 1.807) is 18.5 Å². The van der Waals surface area contributed by atoms with E-state index < -0.39 is 11.6 Å². The summed E-state index contributed by atoms with van der Waals surface area (Å²) < 4.78 is 27.5. The Bertz CT molecular complexity index is 554. The molecule has 1 aromatic heterocycles. The van der Waals surface area contributed by atoms with Crippen molar-refractivity contribution < 1.29 is 8.78 Å². The molecule has 0 spiro atoms. The van der Waals surface area contributed by atoms with E-state index in [4.69, 9.17) is 0 Å². The van der Waals surface area contributed by atoms with Crippen LogP contribution in [0.2, 0.25) is 0 Å². The third-order valence-electron chi connectivity index (χ3n) is 3.43. The van der Waals surface area contributed by atoms with Crippen LogP contribution in [0.3, 0.4) is 0 Å². The Labute approximate surface area is 109 Å². The average molecular weight is 261 g/mol. The molecule has 1 atom stereocenters. The van der Waals surface area contributed by atoms with Crippen molar-refractivity contribution in [3.8, 4) is 0 Å². The summed E-state index contributed by atoms with van der Waals surface area (Å²) in [5, 5.41) is 0. The molecule has 1 unspecified atom stereocenters. The Morgan fingerprint density at radius 1 is 1.05 bits per heavy atom. The van der Waals surface area contributed by atoms with Crippen LogP contribution in [0.1, 0.15) is 17.9 Å². The zero-order valence-corrected chi connectivity index (χ0v) is 10.3. The molecule has 98 valence electrons. The van der Waals surface area contributed by atoms with Crippen molar-refractivity contribution in [1.29, 1.82) is 0 Å². The molecule has 0 radical (unpaired) electrons. The number of benzene rings is 1. The third kappa shape index (κ3) is 2.28. The van der Waals surface area contributed by atoms with Gasteiger partial charge in [-0.15, -0.1) is 0 Å².